The first-order valence-electron chi connectivity index (χ1n) is 7.12. The normalized spacial score (nSPS) is 38.7. The quantitative estimate of drug-likeness (QED) is 0.886. The van der Waals surface area contributed by atoms with Gasteiger partial charge in [0, 0.05) is 11.1 Å². The molecule has 5 rings (SSSR count). The highest BCUT2D eigenvalue weighted by Crippen LogP contribution is 2.66. The molecule has 3 aliphatic carbocycles. The third-order valence-electron chi connectivity index (χ3n) is 5.38. The van der Waals surface area contributed by atoms with Gasteiger partial charge in [0.2, 0.25) is 0 Å². The van der Waals surface area contributed by atoms with Gasteiger partial charge in [-0.15, -0.1) is 0 Å². The second kappa shape index (κ2) is 3.64. The Hall–Kier alpha value is -0.800. The third kappa shape index (κ3) is 1.52. The molecule has 2 aromatic rings. The first-order chi connectivity index (χ1) is 9.29. The zero-order valence-corrected chi connectivity index (χ0v) is 12.0. The maximum absolute atomic E-state index is 6.01. The van der Waals surface area contributed by atoms with Crippen LogP contribution in [0.1, 0.15) is 19.3 Å². The molecule has 4 atom stereocenters. The average Bonchev–Trinajstić information content (AvgIpc) is 2.79. The van der Waals surface area contributed by atoms with Crippen LogP contribution in [-0.4, -0.2) is 11.0 Å². The van der Waals surface area contributed by atoms with Gasteiger partial charge < -0.3 is 5.32 Å². The van der Waals surface area contributed by atoms with Gasteiger partial charge in [-0.05, 0) is 61.1 Å². The van der Waals surface area contributed by atoms with Crippen LogP contribution in [0.3, 0.4) is 0 Å². The van der Waals surface area contributed by atoms with Crippen molar-refractivity contribution >= 4 is 38.3 Å². The van der Waals surface area contributed by atoms with E-state index in [1.807, 2.05) is 12.1 Å². The lowest BCUT2D eigenvalue weighted by Crippen LogP contribution is -2.12. The standard InChI is InChI=1S/C15H15ClN2S/c16-9-3-4-11-10(6-9)17-15(19-11)18-14-12-7-1-2-8(5-7)13(12)14/h3-4,6-8,12-14H,1-2,5H2,(H,17,18). The highest BCUT2D eigenvalue weighted by molar-refractivity contribution is 7.22. The van der Waals surface area contributed by atoms with Crippen molar-refractivity contribution in [1.82, 2.24) is 4.98 Å². The van der Waals surface area contributed by atoms with E-state index in [9.17, 15) is 0 Å². The summed E-state index contributed by atoms with van der Waals surface area (Å²) in [5.74, 6) is 3.93. The van der Waals surface area contributed by atoms with Gasteiger partial charge in [0.15, 0.2) is 5.13 Å². The van der Waals surface area contributed by atoms with Crippen LogP contribution in [0.4, 0.5) is 5.13 Å². The molecule has 4 unspecified atom stereocenters. The number of aromatic nitrogens is 1. The van der Waals surface area contributed by atoms with E-state index in [1.54, 1.807) is 11.3 Å². The van der Waals surface area contributed by atoms with E-state index < -0.39 is 0 Å². The molecule has 0 aliphatic heterocycles. The fraction of sp³-hybridized carbons (Fsp3) is 0.533. The Kier molecular flexibility index (Phi) is 2.09. The summed E-state index contributed by atoms with van der Waals surface area (Å²) in [5.41, 5.74) is 1.02. The zero-order chi connectivity index (χ0) is 12.6. The third-order valence-corrected chi connectivity index (χ3v) is 6.58. The molecule has 1 aromatic carbocycles. The van der Waals surface area contributed by atoms with Crippen molar-refractivity contribution in [2.75, 3.05) is 5.32 Å². The van der Waals surface area contributed by atoms with Crippen molar-refractivity contribution in [2.24, 2.45) is 23.7 Å². The lowest BCUT2D eigenvalue weighted by atomic mass is 10.0. The summed E-state index contributed by atoms with van der Waals surface area (Å²) < 4.78 is 1.22. The number of hydrogen-bond donors (Lipinski definition) is 1. The number of hydrogen-bond acceptors (Lipinski definition) is 3. The molecule has 4 heteroatoms. The van der Waals surface area contributed by atoms with E-state index in [1.165, 1.54) is 24.0 Å². The number of nitrogens with zero attached hydrogens (tertiary/aromatic N) is 1. The minimum absolute atomic E-state index is 0.710. The van der Waals surface area contributed by atoms with Crippen LogP contribution < -0.4 is 5.32 Å². The summed E-state index contributed by atoms with van der Waals surface area (Å²) >= 11 is 7.77. The Morgan fingerprint density at radius 3 is 2.79 bits per heavy atom. The molecule has 2 bridgehead atoms. The van der Waals surface area contributed by atoms with Gasteiger partial charge in [-0.3, -0.25) is 0 Å². The number of rotatable bonds is 2. The van der Waals surface area contributed by atoms with Crippen LogP contribution in [-0.2, 0) is 0 Å². The fourth-order valence-corrected chi connectivity index (χ4v) is 5.68. The van der Waals surface area contributed by atoms with Crippen LogP contribution in [0.2, 0.25) is 5.02 Å². The van der Waals surface area contributed by atoms with Crippen molar-refractivity contribution in [3.8, 4) is 0 Å². The van der Waals surface area contributed by atoms with E-state index in [0.29, 0.717) is 6.04 Å². The molecule has 3 fully saturated rings. The first kappa shape index (κ1) is 10.9. The number of fused-ring (bicyclic) bond motifs is 6. The molecule has 0 spiro atoms. The van der Waals surface area contributed by atoms with E-state index in [-0.39, 0.29) is 0 Å². The van der Waals surface area contributed by atoms with Gasteiger partial charge in [-0.2, -0.15) is 0 Å². The highest BCUT2D eigenvalue weighted by Gasteiger charge is 2.65. The maximum atomic E-state index is 6.01. The zero-order valence-electron chi connectivity index (χ0n) is 10.5. The van der Waals surface area contributed by atoms with Crippen LogP contribution in [0.25, 0.3) is 10.2 Å². The minimum Gasteiger partial charge on any atom is -0.358 e. The number of thiazole rings is 1. The topological polar surface area (TPSA) is 24.9 Å². The lowest BCUT2D eigenvalue weighted by molar-refractivity contribution is 0.456. The fourth-order valence-electron chi connectivity index (χ4n) is 4.62. The maximum Gasteiger partial charge on any atom is 0.184 e. The summed E-state index contributed by atoms with van der Waals surface area (Å²) in [6.45, 7) is 0. The molecule has 1 N–H and O–H groups in total. The molecular formula is C15H15ClN2S. The van der Waals surface area contributed by atoms with Crippen LogP contribution in [0, 0.1) is 23.7 Å². The highest BCUT2D eigenvalue weighted by atomic mass is 35.5. The van der Waals surface area contributed by atoms with Crippen molar-refractivity contribution < 1.29 is 0 Å². The number of nitrogens with one attached hydrogen (secondary N) is 1. The van der Waals surface area contributed by atoms with Crippen LogP contribution in [0.15, 0.2) is 18.2 Å². The van der Waals surface area contributed by atoms with Gasteiger partial charge >= 0.3 is 0 Å². The summed E-state index contributed by atoms with van der Waals surface area (Å²) in [4.78, 5) is 4.67. The molecule has 0 radical (unpaired) electrons. The van der Waals surface area contributed by atoms with Crippen LogP contribution in [0.5, 0.6) is 0 Å². The monoisotopic (exact) mass is 290 g/mol. The van der Waals surface area contributed by atoms with Gasteiger partial charge in [-0.25, -0.2) is 4.98 Å². The molecule has 1 heterocycles. The Morgan fingerprint density at radius 1 is 1.21 bits per heavy atom. The molecule has 0 saturated heterocycles. The van der Waals surface area contributed by atoms with E-state index in [2.05, 4.69) is 16.4 Å². The van der Waals surface area contributed by atoms with E-state index in [0.717, 1.165) is 39.3 Å². The van der Waals surface area contributed by atoms with Crippen molar-refractivity contribution in [2.45, 2.75) is 25.3 Å². The summed E-state index contributed by atoms with van der Waals surface area (Å²) in [6.07, 6.45) is 4.45. The molecule has 98 valence electrons. The molecule has 19 heavy (non-hydrogen) atoms. The van der Waals surface area contributed by atoms with Crippen molar-refractivity contribution in [1.29, 1.82) is 0 Å². The smallest absolute Gasteiger partial charge is 0.184 e. The first-order valence-corrected chi connectivity index (χ1v) is 8.32. The SMILES string of the molecule is Clc1ccc2sc(NC3C4C5CCC(C5)C34)nc2c1. The van der Waals surface area contributed by atoms with Crippen molar-refractivity contribution in [3.05, 3.63) is 23.2 Å². The Balaban J connectivity index is 1.41. The van der Waals surface area contributed by atoms with Crippen LogP contribution >= 0.6 is 22.9 Å². The second-order valence-electron chi connectivity index (χ2n) is 6.29. The minimum atomic E-state index is 0.710. The summed E-state index contributed by atoms with van der Waals surface area (Å²) in [7, 11) is 0. The molecule has 3 saturated carbocycles. The Morgan fingerprint density at radius 2 is 2.00 bits per heavy atom. The number of anilines is 1. The predicted molar refractivity (Wildman–Crippen MR) is 79.9 cm³/mol. The molecule has 3 aliphatic rings. The summed E-state index contributed by atoms with van der Waals surface area (Å²) in [6, 6.07) is 6.67. The number of halogens is 1. The van der Waals surface area contributed by atoms with Gasteiger partial charge in [-0.1, -0.05) is 22.9 Å². The van der Waals surface area contributed by atoms with E-state index in [4.69, 9.17) is 11.6 Å². The Labute approximate surface area is 121 Å². The molecule has 2 nitrogen and oxygen atoms in total. The average molecular weight is 291 g/mol. The molecular weight excluding hydrogens is 276 g/mol. The second-order valence-corrected chi connectivity index (χ2v) is 7.76. The predicted octanol–water partition coefficient (Wildman–Crippen LogP) is 4.41. The lowest BCUT2D eigenvalue weighted by Gasteiger charge is -2.08. The number of benzene rings is 1. The largest absolute Gasteiger partial charge is 0.358 e. The Bertz CT molecular complexity index is 651. The van der Waals surface area contributed by atoms with Gasteiger partial charge in [0.1, 0.15) is 0 Å². The summed E-state index contributed by atoms with van der Waals surface area (Å²) in [5, 5.41) is 5.54. The molecule has 1 aromatic heterocycles. The van der Waals surface area contributed by atoms with Crippen molar-refractivity contribution in [3.63, 3.8) is 0 Å². The van der Waals surface area contributed by atoms with Gasteiger partial charge in [0.05, 0.1) is 10.2 Å². The molecule has 0 amide bonds. The van der Waals surface area contributed by atoms with E-state index >= 15 is 0 Å². The van der Waals surface area contributed by atoms with Gasteiger partial charge in [0.25, 0.3) is 0 Å².